The SMILES string of the molecule is C=CC(=C)CCCCCCC#N. The van der Waals surface area contributed by atoms with Crippen LogP contribution in [0.3, 0.4) is 0 Å². The van der Waals surface area contributed by atoms with E-state index >= 15 is 0 Å². The zero-order valence-electron chi connectivity index (χ0n) is 7.68. The van der Waals surface area contributed by atoms with Gasteiger partial charge in [-0.15, -0.1) is 0 Å². The maximum Gasteiger partial charge on any atom is 0.0621 e. The summed E-state index contributed by atoms with van der Waals surface area (Å²) in [6.07, 6.45) is 8.15. The second-order valence-corrected chi connectivity index (χ2v) is 2.93. The third-order valence-corrected chi connectivity index (χ3v) is 1.83. The van der Waals surface area contributed by atoms with Crippen LogP contribution < -0.4 is 0 Å². The molecule has 0 aliphatic heterocycles. The number of hydrogen-bond acceptors (Lipinski definition) is 1. The minimum atomic E-state index is 0.697. The van der Waals surface area contributed by atoms with Crippen LogP contribution in [-0.4, -0.2) is 0 Å². The summed E-state index contributed by atoms with van der Waals surface area (Å²) in [5, 5.41) is 8.27. The van der Waals surface area contributed by atoms with E-state index in [1.807, 2.05) is 6.08 Å². The molecule has 0 aliphatic carbocycles. The van der Waals surface area contributed by atoms with E-state index in [2.05, 4.69) is 19.2 Å². The van der Waals surface area contributed by atoms with Crippen LogP contribution in [0.25, 0.3) is 0 Å². The van der Waals surface area contributed by atoms with Gasteiger partial charge in [-0.25, -0.2) is 0 Å². The zero-order chi connectivity index (χ0) is 9.23. The van der Waals surface area contributed by atoms with Crippen molar-refractivity contribution in [1.82, 2.24) is 0 Å². The van der Waals surface area contributed by atoms with Crippen molar-refractivity contribution in [2.24, 2.45) is 0 Å². The van der Waals surface area contributed by atoms with Gasteiger partial charge in [0.2, 0.25) is 0 Å². The standard InChI is InChI=1S/C11H17N/c1-3-11(2)9-7-5-4-6-8-10-12/h3H,1-2,4-9H2. The molecule has 0 rings (SSSR count). The van der Waals surface area contributed by atoms with Crippen LogP contribution in [0.4, 0.5) is 0 Å². The molecule has 0 bridgehead atoms. The van der Waals surface area contributed by atoms with Crippen LogP contribution in [0.1, 0.15) is 38.5 Å². The van der Waals surface area contributed by atoms with Crippen molar-refractivity contribution in [2.75, 3.05) is 0 Å². The van der Waals surface area contributed by atoms with Gasteiger partial charge in [-0.3, -0.25) is 0 Å². The third kappa shape index (κ3) is 7.08. The van der Waals surface area contributed by atoms with Gasteiger partial charge in [0.1, 0.15) is 0 Å². The van der Waals surface area contributed by atoms with Gasteiger partial charge in [0.25, 0.3) is 0 Å². The number of nitriles is 1. The van der Waals surface area contributed by atoms with E-state index in [9.17, 15) is 0 Å². The first-order valence-electron chi connectivity index (χ1n) is 4.48. The Morgan fingerprint density at radius 1 is 1.25 bits per heavy atom. The quantitative estimate of drug-likeness (QED) is 0.415. The number of allylic oxidation sites excluding steroid dienone is 2. The molecule has 0 fully saturated rings. The van der Waals surface area contributed by atoms with Gasteiger partial charge in [-0.1, -0.05) is 37.6 Å². The van der Waals surface area contributed by atoms with Crippen LogP contribution in [0.15, 0.2) is 24.8 Å². The van der Waals surface area contributed by atoms with Crippen LogP contribution >= 0.6 is 0 Å². The maximum absolute atomic E-state index is 8.27. The molecule has 0 heterocycles. The number of nitrogens with zero attached hydrogens (tertiary/aromatic N) is 1. The Labute approximate surface area is 75.4 Å². The molecule has 0 aromatic carbocycles. The van der Waals surface area contributed by atoms with E-state index in [-0.39, 0.29) is 0 Å². The first kappa shape index (κ1) is 11.0. The number of hydrogen-bond donors (Lipinski definition) is 0. The summed E-state index contributed by atoms with van der Waals surface area (Å²) in [6.45, 7) is 7.48. The Hall–Kier alpha value is -1.03. The molecule has 1 heteroatoms. The van der Waals surface area contributed by atoms with Crippen molar-refractivity contribution in [1.29, 1.82) is 5.26 Å². The molecule has 0 aromatic rings. The van der Waals surface area contributed by atoms with Crippen molar-refractivity contribution in [3.8, 4) is 6.07 Å². The Kier molecular flexibility index (Phi) is 7.38. The second kappa shape index (κ2) is 8.07. The summed E-state index contributed by atoms with van der Waals surface area (Å²) < 4.78 is 0. The molecule has 0 aromatic heterocycles. The van der Waals surface area contributed by atoms with Crippen molar-refractivity contribution < 1.29 is 0 Å². The Morgan fingerprint density at radius 2 is 1.92 bits per heavy atom. The summed E-state index contributed by atoms with van der Waals surface area (Å²) in [4.78, 5) is 0. The highest BCUT2D eigenvalue weighted by Gasteiger charge is 1.90. The molecular weight excluding hydrogens is 146 g/mol. The first-order chi connectivity index (χ1) is 5.81. The molecule has 0 atom stereocenters. The summed E-state index contributed by atoms with van der Waals surface area (Å²) in [6, 6.07) is 2.14. The van der Waals surface area contributed by atoms with Crippen molar-refractivity contribution >= 4 is 0 Å². The highest BCUT2D eigenvalue weighted by molar-refractivity contribution is 5.10. The van der Waals surface area contributed by atoms with Crippen LogP contribution in [-0.2, 0) is 0 Å². The lowest BCUT2D eigenvalue weighted by atomic mass is 10.1. The molecule has 12 heavy (non-hydrogen) atoms. The molecular formula is C11H17N. The smallest absolute Gasteiger partial charge is 0.0621 e. The summed E-state index contributed by atoms with van der Waals surface area (Å²) in [7, 11) is 0. The fourth-order valence-electron chi connectivity index (χ4n) is 1.01. The number of unbranched alkanes of at least 4 members (excludes halogenated alkanes) is 4. The lowest BCUT2D eigenvalue weighted by molar-refractivity contribution is 0.650. The van der Waals surface area contributed by atoms with Crippen molar-refractivity contribution in [3.63, 3.8) is 0 Å². The van der Waals surface area contributed by atoms with Crippen molar-refractivity contribution in [2.45, 2.75) is 38.5 Å². The minimum Gasteiger partial charge on any atom is -0.198 e. The largest absolute Gasteiger partial charge is 0.198 e. The van der Waals surface area contributed by atoms with Crippen molar-refractivity contribution in [3.05, 3.63) is 24.8 Å². The predicted octanol–water partition coefficient (Wildman–Crippen LogP) is 3.59. The Morgan fingerprint density at radius 3 is 2.50 bits per heavy atom. The lowest BCUT2D eigenvalue weighted by Gasteiger charge is -1.98. The predicted molar refractivity (Wildman–Crippen MR) is 52.7 cm³/mol. The Bertz CT molecular complexity index is 174. The monoisotopic (exact) mass is 163 g/mol. The Balaban J connectivity index is 3.06. The first-order valence-corrected chi connectivity index (χ1v) is 4.48. The molecule has 0 saturated heterocycles. The average Bonchev–Trinajstić information content (AvgIpc) is 2.10. The fourth-order valence-corrected chi connectivity index (χ4v) is 1.01. The van der Waals surface area contributed by atoms with Gasteiger partial charge >= 0.3 is 0 Å². The van der Waals surface area contributed by atoms with Gasteiger partial charge in [0, 0.05) is 6.42 Å². The van der Waals surface area contributed by atoms with E-state index in [1.165, 1.54) is 12.8 Å². The molecule has 0 aliphatic rings. The highest BCUT2D eigenvalue weighted by atomic mass is 14.2. The van der Waals surface area contributed by atoms with Gasteiger partial charge in [-0.05, 0) is 19.3 Å². The van der Waals surface area contributed by atoms with Gasteiger partial charge in [0.15, 0.2) is 0 Å². The van der Waals surface area contributed by atoms with E-state index in [0.29, 0.717) is 6.42 Å². The lowest BCUT2D eigenvalue weighted by Crippen LogP contribution is -1.80. The molecule has 0 unspecified atom stereocenters. The number of rotatable bonds is 7. The molecule has 0 N–H and O–H groups in total. The maximum atomic E-state index is 8.27. The fraction of sp³-hybridized carbons (Fsp3) is 0.545. The van der Waals surface area contributed by atoms with E-state index in [0.717, 1.165) is 24.8 Å². The van der Waals surface area contributed by atoms with Crippen LogP contribution in [0.5, 0.6) is 0 Å². The summed E-state index contributed by atoms with van der Waals surface area (Å²) >= 11 is 0. The second-order valence-electron chi connectivity index (χ2n) is 2.93. The molecule has 0 saturated carbocycles. The van der Waals surface area contributed by atoms with E-state index < -0.39 is 0 Å². The van der Waals surface area contributed by atoms with Gasteiger partial charge < -0.3 is 0 Å². The minimum absolute atomic E-state index is 0.697. The molecule has 66 valence electrons. The van der Waals surface area contributed by atoms with Crippen LogP contribution in [0, 0.1) is 11.3 Å². The van der Waals surface area contributed by atoms with E-state index in [4.69, 9.17) is 5.26 Å². The normalized spacial score (nSPS) is 8.92. The summed E-state index contributed by atoms with van der Waals surface area (Å²) in [5.74, 6) is 0. The zero-order valence-corrected chi connectivity index (χ0v) is 7.68. The van der Waals surface area contributed by atoms with E-state index in [1.54, 1.807) is 0 Å². The molecule has 0 spiro atoms. The molecule has 0 radical (unpaired) electrons. The van der Waals surface area contributed by atoms with Gasteiger partial charge in [-0.2, -0.15) is 5.26 Å². The third-order valence-electron chi connectivity index (χ3n) is 1.83. The average molecular weight is 163 g/mol. The van der Waals surface area contributed by atoms with Crippen LogP contribution in [0.2, 0.25) is 0 Å². The molecule has 0 amide bonds. The topological polar surface area (TPSA) is 23.8 Å². The molecule has 1 nitrogen and oxygen atoms in total. The highest BCUT2D eigenvalue weighted by Crippen LogP contribution is 2.09. The summed E-state index contributed by atoms with van der Waals surface area (Å²) in [5.41, 5.74) is 1.12. The van der Waals surface area contributed by atoms with Gasteiger partial charge in [0.05, 0.1) is 6.07 Å².